The van der Waals surface area contributed by atoms with Crippen LogP contribution in [-0.4, -0.2) is 27.3 Å². The minimum absolute atomic E-state index is 0.127. The van der Waals surface area contributed by atoms with E-state index in [1.807, 2.05) is 32.9 Å². The van der Waals surface area contributed by atoms with Crippen LogP contribution < -0.4 is 9.47 Å². The number of aromatic nitrogens is 3. The third-order valence-electron chi connectivity index (χ3n) is 5.47. The summed E-state index contributed by atoms with van der Waals surface area (Å²) in [5.74, 6) is 1.11. The van der Waals surface area contributed by atoms with E-state index in [-0.39, 0.29) is 18.3 Å². The lowest BCUT2D eigenvalue weighted by Gasteiger charge is -2.15. The normalized spacial score (nSPS) is 11.7. The van der Waals surface area contributed by atoms with Gasteiger partial charge in [-0.1, -0.05) is 39.8 Å². The van der Waals surface area contributed by atoms with Crippen LogP contribution in [0.2, 0.25) is 0 Å². The predicted molar refractivity (Wildman–Crippen MR) is 126 cm³/mol. The Balaban J connectivity index is 1.71. The second kappa shape index (κ2) is 11.4. The molecule has 0 saturated carbocycles. The molecule has 0 bridgehead atoms. The molecule has 0 spiro atoms. The van der Waals surface area contributed by atoms with Gasteiger partial charge in [-0.3, -0.25) is 4.79 Å². The van der Waals surface area contributed by atoms with Crippen molar-refractivity contribution in [3.8, 4) is 17.3 Å². The Labute approximate surface area is 203 Å². The highest BCUT2D eigenvalue weighted by Crippen LogP contribution is 2.33. The zero-order valence-corrected chi connectivity index (χ0v) is 20.4. The smallest absolute Gasteiger partial charge is 0.417 e. The van der Waals surface area contributed by atoms with E-state index in [1.54, 1.807) is 19.2 Å². The number of esters is 1. The Morgan fingerprint density at radius 3 is 2.49 bits per heavy atom. The Hall–Kier alpha value is -3.36. The summed E-state index contributed by atoms with van der Waals surface area (Å²) in [6.45, 7) is 8.16. The van der Waals surface area contributed by atoms with Gasteiger partial charge in [0.15, 0.2) is 17.3 Å². The van der Waals surface area contributed by atoms with Gasteiger partial charge >= 0.3 is 12.1 Å². The van der Waals surface area contributed by atoms with E-state index in [0.717, 1.165) is 35.5 Å². The van der Waals surface area contributed by atoms with E-state index in [1.165, 1.54) is 10.7 Å². The Kier molecular flexibility index (Phi) is 8.53. The number of ether oxygens (including phenoxy) is 2. The van der Waals surface area contributed by atoms with Crippen molar-refractivity contribution < 1.29 is 27.4 Å². The number of hydrogen-bond donors (Lipinski definition) is 0. The van der Waals surface area contributed by atoms with Crippen molar-refractivity contribution in [2.24, 2.45) is 0 Å². The predicted octanol–water partition coefficient (Wildman–Crippen LogP) is 6.30. The number of halogens is 3. The molecule has 0 radical (unpaired) electrons. The summed E-state index contributed by atoms with van der Waals surface area (Å²) in [6.07, 6.45) is 0.516. The van der Waals surface area contributed by atoms with Crippen LogP contribution in [0.25, 0.3) is 5.82 Å². The molecule has 188 valence electrons. The van der Waals surface area contributed by atoms with Gasteiger partial charge in [0.25, 0.3) is 0 Å². The Bertz CT molecular complexity index is 1140. The van der Waals surface area contributed by atoms with Crippen LogP contribution in [0.3, 0.4) is 0 Å². The molecule has 9 heteroatoms. The second-order valence-corrected chi connectivity index (χ2v) is 8.42. The molecule has 2 aromatic heterocycles. The van der Waals surface area contributed by atoms with E-state index in [0.29, 0.717) is 36.8 Å². The number of pyridine rings is 1. The van der Waals surface area contributed by atoms with Crippen LogP contribution in [0, 0.1) is 0 Å². The van der Waals surface area contributed by atoms with Gasteiger partial charge in [0.2, 0.25) is 0 Å². The molecule has 0 aliphatic rings. The molecule has 0 fully saturated rings. The fourth-order valence-corrected chi connectivity index (χ4v) is 3.62. The molecule has 2 heterocycles. The lowest BCUT2D eigenvalue weighted by Crippen LogP contribution is -2.09. The van der Waals surface area contributed by atoms with Crippen LogP contribution in [0.4, 0.5) is 13.2 Å². The molecule has 0 N–H and O–H groups in total. The average Bonchev–Trinajstić information content (AvgIpc) is 3.26. The van der Waals surface area contributed by atoms with Crippen molar-refractivity contribution >= 4 is 5.97 Å². The highest BCUT2D eigenvalue weighted by molar-refractivity contribution is 5.73. The number of hydrogen-bond acceptors (Lipinski definition) is 5. The van der Waals surface area contributed by atoms with Gasteiger partial charge < -0.3 is 9.47 Å². The van der Waals surface area contributed by atoms with Gasteiger partial charge in [-0.2, -0.15) is 18.3 Å². The first-order valence-electron chi connectivity index (χ1n) is 11.7. The summed E-state index contributed by atoms with van der Waals surface area (Å²) >= 11 is 0. The van der Waals surface area contributed by atoms with Crippen molar-refractivity contribution in [1.29, 1.82) is 0 Å². The van der Waals surface area contributed by atoms with Gasteiger partial charge in [0.05, 0.1) is 17.9 Å². The van der Waals surface area contributed by atoms with Gasteiger partial charge in [-0.25, -0.2) is 9.67 Å². The number of nitrogens with zero attached hydrogens (tertiary/aromatic N) is 3. The summed E-state index contributed by atoms with van der Waals surface area (Å²) < 4.78 is 51.5. The maximum Gasteiger partial charge on any atom is 0.417 e. The summed E-state index contributed by atoms with van der Waals surface area (Å²) in [7, 11) is 0. The fraction of sp³-hybridized carbons (Fsp3) is 0.423. The van der Waals surface area contributed by atoms with Crippen LogP contribution in [-0.2, 0) is 23.8 Å². The van der Waals surface area contributed by atoms with E-state index in [2.05, 4.69) is 10.1 Å². The molecule has 3 rings (SSSR count). The summed E-state index contributed by atoms with van der Waals surface area (Å²) in [5, 5.41) is 4.57. The van der Waals surface area contributed by atoms with Crippen LogP contribution in [0.5, 0.6) is 11.5 Å². The molecule has 0 unspecified atom stereocenters. The first-order chi connectivity index (χ1) is 16.6. The number of carbonyl (C=O) groups is 1. The number of aryl methyl sites for hydroxylation is 2. The molecule has 3 aromatic rings. The molecule has 1 aromatic carbocycles. The first kappa shape index (κ1) is 26.2. The molecule has 0 aliphatic heterocycles. The van der Waals surface area contributed by atoms with Gasteiger partial charge in [-0.05, 0) is 54.5 Å². The third-order valence-corrected chi connectivity index (χ3v) is 5.47. The zero-order chi connectivity index (χ0) is 25.6. The van der Waals surface area contributed by atoms with Crippen LogP contribution in [0.1, 0.15) is 68.8 Å². The minimum atomic E-state index is -4.44. The quantitative estimate of drug-likeness (QED) is 0.190. The van der Waals surface area contributed by atoms with E-state index in [4.69, 9.17) is 9.47 Å². The molecular formula is C26H30F3N3O3. The summed E-state index contributed by atoms with van der Waals surface area (Å²) in [5.41, 5.74) is 1.99. The maximum absolute atomic E-state index is 12.8. The van der Waals surface area contributed by atoms with Crippen molar-refractivity contribution in [3.63, 3.8) is 0 Å². The largest absolute Gasteiger partial charge is 0.489 e. The Morgan fingerprint density at radius 2 is 1.89 bits per heavy atom. The highest BCUT2D eigenvalue weighted by Gasteiger charge is 2.30. The maximum atomic E-state index is 12.8. The Morgan fingerprint density at radius 1 is 1.11 bits per heavy atom. The number of benzene rings is 1. The monoisotopic (exact) mass is 489 g/mol. The van der Waals surface area contributed by atoms with E-state index in [9.17, 15) is 18.0 Å². The number of alkyl halides is 3. The fourth-order valence-electron chi connectivity index (χ4n) is 3.62. The zero-order valence-electron chi connectivity index (χ0n) is 20.4. The molecule has 6 nitrogen and oxygen atoms in total. The van der Waals surface area contributed by atoms with Gasteiger partial charge in [0, 0.05) is 18.8 Å². The van der Waals surface area contributed by atoms with Crippen molar-refractivity contribution in [2.75, 3.05) is 6.61 Å². The summed E-state index contributed by atoms with van der Waals surface area (Å²) in [4.78, 5) is 15.7. The number of rotatable bonds is 10. The van der Waals surface area contributed by atoms with Crippen molar-refractivity contribution in [3.05, 3.63) is 65.1 Å². The topological polar surface area (TPSA) is 66.2 Å². The van der Waals surface area contributed by atoms with E-state index < -0.39 is 11.7 Å². The van der Waals surface area contributed by atoms with Crippen LogP contribution in [0.15, 0.2) is 42.7 Å². The average molecular weight is 490 g/mol. The molecule has 35 heavy (non-hydrogen) atoms. The van der Waals surface area contributed by atoms with Crippen molar-refractivity contribution in [2.45, 2.75) is 65.5 Å². The molecular weight excluding hydrogens is 459 g/mol. The third kappa shape index (κ3) is 6.61. The minimum Gasteiger partial charge on any atom is -0.489 e. The number of para-hydroxylation sites is 1. The SMILES string of the molecule is CCC(=O)Oc1cccc(CC)c1OCCCc1cn(-c2ccc(C(F)(F)F)cn2)nc1C(C)C. The molecule has 0 aliphatic carbocycles. The highest BCUT2D eigenvalue weighted by atomic mass is 19.4. The standard InChI is InChI=1S/C26H30F3N3O3/c1-5-18-9-7-11-21(35-23(33)6-2)25(18)34-14-8-10-19-16-32(31-24(19)17(3)4)22-13-12-20(15-30-22)26(27,28)29/h7,9,11-13,15-17H,5-6,8,10,14H2,1-4H3. The lowest BCUT2D eigenvalue weighted by atomic mass is 10.0. The van der Waals surface area contributed by atoms with Crippen molar-refractivity contribution in [1.82, 2.24) is 14.8 Å². The molecule has 0 saturated heterocycles. The lowest BCUT2D eigenvalue weighted by molar-refractivity contribution is -0.138. The molecule has 0 amide bonds. The molecule has 0 atom stereocenters. The first-order valence-corrected chi connectivity index (χ1v) is 11.7. The van der Waals surface area contributed by atoms with E-state index >= 15 is 0 Å². The van der Waals surface area contributed by atoms with Gasteiger partial charge in [-0.15, -0.1) is 0 Å². The van der Waals surface area contributed by atoms with Gasteiger partial charge in [0.1, 0.15) is 0 Å². The van der Waals surface area contributed by atoms with Crippen LogP contribution >= 0.6 is 0 Å². The number of carbonyl (C=O) groups excluding carboxylic acids is 1. The summed E-state index contributed by atoms with van der Waals surface area (Å²) in [6, 6.07) is 7.81. The second-order valence-electron chi connectivity index (χ2n) is 8.42.